The molecule has 0 radical (unpaired) electrons. The van der Waals surface area contributed by atoms with E-state index in [2.05, 4.69) is 27.4 Å². The number of carbonyl (C=O) groups excluding carboxylic acids is 2. The lowest BCUT2D eigenvalue weighted by Gasteiger charge is -2.32. The Morgan fingerprint density at radius 3 is 2.41 bits per heavy atom. The molecule has 0 aromatic carbocycles. The minimum Gasteiger partial charge on any atom is -0.339 e. The number of piperidine rings is 2. The summed E-state index contributed by atoms with van der Waals surface area (Å²) < 4.78 is 1.80. The number of H-pyrrole nitrogens is 1. The van der Waals surface area contributed by atoms with Gasteiger partial charge in [-0.2, -0.15) is 10.2 Å². The molecule has 3 aromatic heterocycles. The zero-order chi connectivity index (χ0) is 22.2. The fourth-order valence-corrected chi connectivity index (χ4v) is 5.12. The minimum atomic E-state index is 0.0628. The van der Waals surface area contributed by atoms with Crippen molar-refractivity contribution in [2.75, 3.05) is 26.2 Å². The van der Waals surface area contributed by atoms with E-state index in [1.54, 1.807) is 10.7 Å². The smallest absolute Gasteiger partial charge is 0.257 e. The average Bonchev–Trinajstić information content (AvgIpc) is 3.41. The third kappa shape index (κ3) is 3.67. The van der Waals surface area contributed by atoms with Crippen LogP contribution in [0.3, 0.4) is 0 Å². The monoisotopic (exact) mass is 434 g/mol. The molecule has 0 aliphatic carbocycles. The third-order valence-corrected chi connectivity index (χ3v) is 7.01. The molecule has 5 rings (SSSR count). The van der Waals surface area contributed by atoms with Crippen molar-refractivity contribution in [2.45, 2.75) is 51.9 Å². The molecular formula is C24H30N6O2. The summed E-state index contributed by atoms with van der Waals surface area (Å²) in [4.78, 5) is 29.9. The number of nitrogens with one attached hydrogen (secondary N) is 1. The number of aromatic nitrogens is 4. The van der Waals surface area contributed by atoms with Crippen LogP contribution in [0, 0.1) is 13.8 Å². The number of fused-ring (bicyclic) bond motifs is 1. The van der Waals surface area contributed by atoms with Gasteiger partial charge in [0.1, 0.15) is 0 Å². The molecule has 32 heavy (non-hydrogen) atoms. The Balaban J connectivity index is 1.31. The van der Waals surface area contributed by atoms with E-state index in [9.17, 15) is 9.59 Å². The molecule has 5 heterocycles. The molecule has 2 aliphatic heterocycles. The summed E-state index contributed by atoms with van der Waals surface area (Å²) in [6, 6.07) is 4.22. The van der Waals surface area contributed by atoms with E-state index in [-0.39, 0.29) is 11.8 Å². The van der Waals surface area contributed by atoms with Crippen molar-refractivity contribution in [3.63, 3.8) is 0 Å². The summed E-state index contributed by atoms with van der Waals surface area (Å²) in [7, 11) is 0. The van der Waals surface area contributed by atoms with Crippen LogP contribution in [0.4, 0.5) is 0 Å². The second kappa shape index (κ2) is 8.41. The van der Waals surface area contributed by atoms with Gasteiger partial charge in [0.2, 0.25) is 0 Å². The van der Waals surface area contributed by atoms with Crippen LogP contribution in [-0.4, -0.2) is 67.6 Å². The van der Waals surface area contributed by atoms with Crippen LogP contribution in [-0.2, 0) is 0 Å². The molecule has 168 valence electrons. The van der Waals surface area contributed by atoms with E-state index in [0.717, 1.165) is 68.8 Å². The van der Waals surface area contributed by atoms with Crippen LogP contribution < -0.4 is 0 Å². The second-order valence-electron chi connectivity index (χ2n) is 9.08. The summed E-state index contributed by atoms with van der Waals surface area (Å²) in [6.45, 7) is 6.86. The first kappa shape index (κ1) is 20.7. The van der Waals surface area contributed by atoms with Gasteiger partial charge in [-0.05, 0) is 69.6 Å². The van der Waals surface area contributed by atoms with Crippen LogP contribution in [0.5, 0.6) is 0 Å². The predicted octanol–water partition coefficient (Wildman–Crippen LogP) is 3.32. The fraction of sp³-hybridized carbons (Fsp3) is 0.500. The molecule has 2 amide bonds. The second-order valence-corrected chi connectivity index (χ2v) is 9.08. The van der Waals surface area contributed by atoms with Crippen molar-refractivity contribution >= 4 is 17.3 Å². The normalized spacial score (nSPS) is 17.8. The highest BCUT2D eigenvalue weighted by atomic mass is 16.2. The standard InChI is InChI=1S/C24H30N6O2/c1-16-22(17(2)27-26-16)24(32)29-11-6-18(7-12-29)19-8-13-30-21(14-19)20(15-25-30)23(31)28-9-4-3-5-10-28/h8,13-15,18H,3-7,9-12H2,1-2H3,(H,26,27). The lowest BCUT2D eigenvalue weighted by molar-refractivity contribution is 0.0708. The Hall–Kier alpha value is -3.16. The van der Waals surface area contributed by atoms with Gasteiger partial charge in [-0.25, -0.2) is 4.52 Å². The molecule has 2 fully saturated rings. The molecule has 8 heteroatoms. The van der Waals surface area contributed by atoms with E-state index < -0.39 is 0 Å². The Morgan fingerprint density at radius 1 is 1.00 bits per heavy atom. The van der Waals surface area contributed by atoms with Gasteiger partial charge in [0.15, 0.2) is 0 Å². The molecule has 0 bridgehead atoms. The maximum atomic E-state index is 13.1. The van der Waals surface area contributed by atoms with Gasteiger partial charge >= 0.3 is 0 Å². The summed E-state index contributed by atoms with van der Waals surface area (Å²) in [5.41, 5.74) is 5.06. The van der Waals surface area contributed by atoms with Gasteiger partial charge < -0.3 is 9.80 Å². The Bertz CT molecular complexity index is 1130. The quantitative estimate of drug-likeness (QED) is 0.685. The molecule has 2 saturated heterocycles. The van der Waals surface area contributed by atoms with Crippen molar-refractivity contribution in [3.8, 4) is 0 Å². The number of aryl methyl sites for hydroxylation is 2. The topological polar surface area (TPSA) is 86.6 Å². The molecular weight excluding hydrogens is 404 g/mol. The van der Waals surface area contributed by atoms with Crippen molar-refractivity contribution < 1.29 is 9.59 Å². The Morgan fingerprint density at radius 2 is 1.72 bits per heavy atom. The zero-order valence-electron chi connectivity index (χ0n) is 18.8. The summed E-state index contributed by atoms with van der Waals surface area (Å²) in [5.74, 6) is 0.513. The van der Waals surface area contributed by atoms with Gasteiger partial charge in [-0.15, -0.1) is 0 Å². The molecule has 0 spiro atoms. The first-order valence-electron chi connectivity index (χ1n) is 11.6. The van der Waals surface area contributed by atoms with Crippen molar-refractivity contribution in [1.29, 1.82) is 0 Å². The van der Waals surface area contributed by atoms with Crippen LogP contribution in [0.25, 0.3) is 5.52 Å². The number of amides is 2. The minimum absolute atomic E-state index is 0.0628. The molecule has 2 aliphatic rings. The summed E-state index contributed by atoms with van der Waals surface area (Å²) >= 11 is 0. The predicted molar refractivity (Wildman–Crippen MR) is 121 cm³/mol. The maximum Gasteiger partial charge on any atom is 0.257 e. The fourth-order valence-electron chi connectivity index (χ4n) is 5.12. The zero-order valence-corrected chi connectivity index (χ0v) is 18.8. The summed E-state index contributed by atoms with van der Waals surface area (Å²) in [5, 5.41) is 11.5. The number of carbonyl (C=O) groups is 2. The van der Waals surface area contributed by atoms with Crippen molar-refractivity contribution in [3.05, 3.63) is 52.6 Å². The number of hydrogen-bond donors (Lipinski definition) is 1. The van der Waals surface area contributed by atoms with Crippen molar-refractivity contribution in [2.24, 2.45) is 0 Å². The first-order chi connectivity index (χ1) is 15.5. The van der Waals surface area contributed by atoms with Gasteiger partial charge in [0.25, 0.3) is 11.8 Å². The maximum absolute atomic E-state index is 13.1. The van der Waals surface area contributed by atoms with Gasteiger partial charge in [-0.3, -0.25) is 14.7 Å². The SMILES string of the molecule is Cc1n[nH]c(C)c1C(=O)N1CCC(c2ccn3ncc(C(=O)N4CCCCC4)c3c2)CC1. The van der Waals surface area contributed by atoms with Crippen molar-refractivity contribution in [1.82, 2.24) is 29.6 Å². The molecule has 3 aromatic rings. The van der Waals surface area contributed by atoms with Gasteiger partial charge in [0.05, 0.1) is 28.5 Å². The largest absolute Gasteiger partial charge is 0.339 e. The van der Waals surface area contributed by atoms with E-state index in [0.29, 0.717) is 17.0 Å². The first-order valence-corrected chi connectivity index (χ1v) is 11.6. The number of hydrogen-bond acceptors (Lipinski definition) is 4. The molecule has 8 nitrogen and oxygen atoms in total. The highest BCUT2D eigenvalue weighted by Crippen LogP contribution is 2.30. The number of nitrogens with zero attached hydrogens (tertiary/aromatic N) is 5. The highest BCUT2D eigenvalue weighted by Gasteiger charge is 2.28. The number of pyridine rings is 1. The number of aromatic amines is 1. The highest BCUT2D eigenvalue weighted by molar-refractivity contribution is 6.00. The van der Waals surface area contributed by atoms with Crippen LogP contribution in [0.2, 0.25) is 0 Å². The van der Waals surface area contributed by atoms with E-state index in [1.165, 1.54) is 12.0 Å². The summed E-state index contributed by atoms with van der Waals surface area (Å²) in [6.07, 6.45) is 8.81. The Labute approximate surface area is 187 Å². The van der Waals surface area contributed by atoms with E-state index in [4.69, 9.17) is 0 Å². The lowest BCUT2D eigenvalue weighted by atomic mass is 9.89. The van der Waals surface area contributed by atoms with Gasteiger partial charge in [0, 0.05) is 38.1 Å². The lowest BCUT2D eigenvalue weighted by Crippen LogP contribution is -2.38. The van der Waals surface area contributed by atoms with E-state index >= 15 is 0 Å². The van der Waals surface area contributed by atoms with Crippen LogP contribution >= 0.6 is 0 Å². The molecule has 1 N–H and O–H groups in total. The average molecular weight is 435 g/mol. The number of rotatable bonds is 3. The molecule has 0 saturated carbocycles. The van der Waals surface area contributed by atoms with E-state index in [1.807, 2.05) is 29.8 Å². The van der Waals surface area contributed by atoms with Gasteiger partial charge in [-0.1, -0.05) is 0 Å². The molecule has 0 atom stereocenters. The third-order valence-electron chi connectivity index (χ3n) is 7.01. The number of likely N-dealkylation sites (tertiary alicyclic amines) is 2. The molecule has 0 unspecified atom stereocenters. The van der Waals surface area contributed by atoms with Crippen LogP contribution in [0.1, 0.15) is 75.7 Å². The Kier molecular flexibility index (Phi) is 5.45. The van der Waals surface area contributed by atoms with Crippen LogP contribution in [0.15, 0.2) is 24.5 Å².